The van der Waals surface area contributed by atoms with Crippen molar-refractivity contribution in [3.05, 3.63) is 66.0 Å². The molecule has 1 amide bonds. The highest BCUT2D eigenvalue weighted by Gasteiger charge is 2.04. The zero-order valence-electron chi connectivity index (χ0n) is 13.0. The van der Waals surface area contributed by atoms with Crippen molar-refractivity contribution >= 4 is 23.0 Å². The lowest BCUT2D eigenvalue weighted by Crippen LogP contribution is -2.19. The molecule has 0 atom stereocenters. The Labute approximate surface area is 134 Å². The fourth-order valence-electron chi connectivity index (χ4n) is 2.35. The summed E-state index contributed by atoms with van der Waals surface area (Å²) in [6.07, 6.45) is 4.80. The van der Waals surface area contributed by atoms with Gasteiger partial charge in [0.15, 0.2) is 0 Å². The van der Waals surface area contributed by atoms with Crippen LogP contribution in [0.1, 0.15) is 11.1 Å². The maximum atomic E-state index is 12.1. The summed E-state index contributed by atoms with van der Waals surface area (Å²) in [5, 5.41) is 0. The van der Waals surface area contributed by atoms with Crippen molar-refractivity contribution in [2.24, 2.45) is 0 Å². The molecule has 1 aromatic heterocycles. The van der Waals surface area contributed by atoms with E-state index < -0.39 is 0 Å². The van der Waals surface area contributed by atoms with Crippen LogP contribution in [0.15, 0.2) is 54.9 Å². The van der Waals surface area contributed by atoms with Crippen LogP contribution in [0.2, 0.25) is 0 Å². The number of nitrogens with one attached hydrogen (secondary N) is 1. The number of para-hydroxylation sites is 2. The first kappa shape index (κ1) is 14.8. The Kier molecular flexibility index (Phi) is 4.10. The molecule has 23 heavy (non-hydrogen) atoms. The van der Waals surface area contributed by atoms with Crippen LogP contribution in [0.25, 0.3) is 17.1 Å². The van der Waals surface area contributed by atoms with Crippen LogP contribution in [0.3, 0.4) is 0 Å². The van der Waals surface area contributed by atoms with E-state index in [1.54, 1.807) is 24.2 Å². The minimum Gasteiger partial charge on any atom is -0.496 e. The molecule has 0 aliphatic rings. The van der Waals surface area contributed by atoms with Gasteiger partial charge in [0, 0.05) is 11.6 Å². The van der Waals surface area contributed by atoms with E-state index in [1.165, 1.54) is 6.08 Å². The molecule has 3 rings (SSSR count). The largest absolute Gasteiger partial charge is 0.496 e. The second-order valence-electron chi connectivity index (χ2n) is 5.16. The number of aryl methyl sites for hydroxylation is 1. The summed E-state index contributed by atoms with van der Waals surface area (Å²) in [4.78, 5) is 16.4. The van der Waals surface area contributed by atoms with Gasteiger partial charge in [-0.25, -0.2) is 9.66 Å². The summed E-state index contributed by atoms with van der Waals surface area (Å²) in [6, 6.07) is 13.4. The van der Waals surface area contributed by atoms with Crippen molar-refractivity contribution in [1.82, 2.24) is 9.66 Å². The molecule has 1 heterocycles. The van der Waals surface area contributed by atoms with Crippen LogP contribution in [-0.4, -0.2) is 22.7 Å². The zero-order chi connectivity index (χ0) is 16.2. The van der Waals surface area contributed by atoms with E-state index in [0.29, 0.717) is 0 Å². The third-order valence-electron chi connectivity index (χ3n) is 3.48. The first-order chi connectivity index (χ1) is 11.2. The van der Waals surface area contributed by atoms with E-state index in [1.807, 2.05) is 49.4 Å². The fraction of sp³-hybridized carbons (Fsp3) is 0.111. The number of aromatic nitrogens is 2. The molecule has 116 valence electrons. The maximum Gasteiger partial charge on any atom is 0.262 e. The van der Waals surface area contributed by atoms with Gasteiger partial charge in [-0.3, -0.25) is 10.2 Å². The number of benzene rings is 2. The Hall–Kier alpha value is -3.08. The summed E-state index contributed by atoms with van der Waals surface area (Å²) in [5.74, 6) is 0.490. The summed E-state index contributed by atoms with van der Waals surface area (Å²) in [5.41, 5.74) is 6.42. The van der Waals surface area contributed by atoms with Gasteiger partial charge in [-0.05, 0) is 37.3 Å². The number of rotatable bonds is 4. The molecular formula is C18H17N3O2. The molecule has 2 aromatic carbocycles. The van der Waals surface area contributed by atoms with Gasteiger partial charge in [0.25, 0.3) is 5.91 Å². The van der Waals surface area contributed by atoms with E-state index in [9.17, 15) is 4.79 Å². The van der Waals surface area contributed by atoms with Crippen molar-refractivity contribution in [3.8, 4) is 5.75 Å². The van der Waals surface area contributed by atoms with Gasteiger partial charge in [0.05, 0.1) is 18.1 Å². The summed E-state index contributed by atoms with van der Waals surface area (Å²) in [7, 11) is 1.61. The molecule has 0 saturated carbocycles. The molecule has 0 unspecified atom stereocenters. The van der Waals surface area contributed by atoms with Crippen molar-refractivity contribution in [1.29, 1.82) is 0 Å². The highest BCUT2D eigenvalue weighted by molar-refractivity contribution is 5.98. The lowest BCUT2D eigenvalue weighted by atomic mass is 10.1. The van der Waals surface area contributed by atoms with Gasteiger partial charge in [-0.1, -0.05) is 23.8 Å². The van der Waals surface area contributed by atoms with Crippen LogP contribution in [0.4, 0.5) is 0 Å². The van der Waals surface area contributed by atoms with Crippen LogP contribution < -0.4 is 10.2 Å². The Bertz CT molecular complexity index is 881. The highest BCUT2D eigenvalue weighted by Crippen LogP contribution is 2.21. The van der Waals surface area contributed by atoms with Crippen LogP contribution >= 0.6 is 0 Å². The van der Waals surface area contributed by atoms with Gasteiger partial charge in [0.1, 0.15) is 12.1 Å². The number of amides is 1. The number of hydrogen-bond acceptors (Lipinski definition) is 3. The molecule has 0 aliphatic carbocycles. The van der Waals surface area contributed by atoms with Gasteiger partial charge < -0.3 is 4.74 Å². The topological polar surface area (TPSA) is 56.1 Å². The lowest BCUT2D eigenvalue weighted by molar-refractivity contribution is -0.112. The van der Waals surface area contributed by atoms with Crippen molar-refractivity contribution < 1.29 is 9.53 Å². The molecule has 0 aliphatic heterocycles. The van der Waals surface area contributed by atoms with Gasteiger partial charge in [-0.15, -0.1) is 0 Å². The zero-order valence-corrected chi connectivity index (χ0v) is 13.0. The third kappa shape index (κ3) is 3.23. The predicted molar refractivity (Wildman–Crippen MR) is 90.9 cm³/mol. The van der Waals surface area contributed by atoms with E-state index in [4.69, 9.17) is 4.74 Å². The minimum absolute atomic E-state index is 0.239. The number of hydrogen-bond donors (Lipinski definition) is 1. The Morgan fingerprint density at radius 2 is 2.09 bits per heavy atom. The summed E-state index contributed by atoms with van der Waals surface area (Å²) >= 11 is 0. The Morgan fingerprint density at radius 1 is 1.26 bits per heavy atom. The van der Waals surface area contributed by atoms with Gasteiger partial charge in [0.2, 0.25) is 0 Å². The van der Waals surface area contributed by atoms with E-state index in [2.05, 4.69) is 10.4 Å². The van der Waals surface area contributed by atoms with Crippen LogP contribution in [0, 0.1) is 6.92 Å². The first-order valence-electron chi connectivity index (χ1n) is 7.23. The lowest BCUT2D eigenvalue weighted by Gasteiger charge is -2.06. The normalized spacial score (nSPS) is 11.0. The fourth-order valence-corrected chi connectivity index (χ4v) is 2.35. The number of methoxy groups -OCH3 is 1. The molecule has 0 fully saturated rings. The standard InChI is InChI=1S/C18H17N3O2/c1-13-7-9-17(23-2)14(11-13)8-10-18(22)20-21-12-19-15-5-3-4-6-16(15)21/h3-12H,1-2H3,(H,20,22)/b10-8+. The molecule has 0 saturated heterocycles. The van der Waals surface area contributed by atoms with E-state index in [-0.39, 0.29) is 5.91 Å². The monoisotopic (exact) mass is 307 g/mol. The second kappa shape index (κ2) is 6.36. The molecule has 0 bridgehead atoms. The van der Waals surface area contributed by atoms with E-state index in [0.717, 1.165) is 27.9 Å². The highest BCUT2D eigenvalue weighted by atomic mass is 16.5. The average molecular weight is 307 g/mol. The summed E-state index contributed by atoms with van der Waals surface area (Å²) in [6.45, 7) is 1.99. The molecule has 0 radical (unpaired) electrons. The van der Waals surface area contributed by atoms with Crippen molar-refractivity contribution in [2.45, 2.75) is 6.92 Å². The first-order valence-corrected chi connectivity index (χ1v) is 7.23. The molecular weight excluding hydrogens is 290 g/mol. The number of imidazole rings is 1. The average Bonchev–Trinajstić information content (AvgIpc) is 2.96. The molecule has 5 heteroatoms. The third-order valence-corrected chi connectivity index (χ3v) is 3.48. The molecule has 0 spiro atoms. The molecule has 1 N–H and O–H groups in total. The predicted octanol–water partition coefficient (Wildman–Crippen LogP) is 3.14. The maximum absolute atomic E-state index is 12.1. The summed E-state index contributed by atoms with van der Waals surface area (Å²) < 4.78 is 6.90. The van der Waals surface area contributed by atoms with Gasteiger partial charge >= 0.3 is 0 Å². The molecule has 3 aromatic rings. The van der Waals surface area contributed by atoms with Crippen LogP contribution in [0.5, 0.6) is 5.75 Å². The Morgan fingerprint density at radius 3 is 2.91 bits per heavy atom. The quantitative estimate of drug-likeness (QED) is 0.753. The number of fused-ring (bicyclic) bond motifs is 1. The minimum atomic E-state index is -0.239. The van der Waals surface area contributed by atoms with Crippen molar-refractivity contribution in [2.75, 3.05) is 12.5 Å². The van der Waals surface area contributed by atoms with Crippen molar-refractivity contribution in [3.63, 3.8) is 0 Å². The second-order valence-corrected chi connectivity index (χ2v) is 5.16. The number of carbonyl (C=O) groups excluding carboxylic acids is 1. The number of ether oxygens (including phenoxy) is 1. The SMILES string of the molecule is COc1ccc(C)cc1/C=C/C(=O)Nn1cnc2ccccc21. The van der Waals surface area contributed by atoms with Gasteiger partial charge in [-0.2, -0.15) is 0 Å². The smallest absolute Gasteiger partial charge is 0.262 e. The molecule has 5 nitrogen and oxygen atoms in total. The number of carbonyl (C=O) groups is 1. The van der Waals surface area contributed by atoms with E-state index >= 15 is 0 Å². The number of nitrogens with zero attached hydrogens (tertiary/aromatic N) is 2. The Balaban J connectivity index is 1.78. The van der Waals surface area contributed by atoms with Crippen LogP contribution in [-0.2, 0) is 4.79 Å².